The lowest BCUT2D eigenvalue weighted by Gasteiger charge is -2.08. The van der Waals surface area contributed by atoms with Gasteiger partial charge in [-0.3, -0.25) is 4.72 Å². The lowest BCUT2D eigenvalue weighted by Crippen LogP contribution is -2.20. The summed E-state index contributed by atoms with van der Waals surface area (Å²) >= 11 is 0. The first-order valence-corrected chi connectivity index (χ1v) is 6.90. The highest BCUT2D eigenvalue weighted by Crippen LogP contribution is 2.11. The highest BCUT2D eigenvalue weighted by Gasteiger charge is 2.09. The van der Waals surface area contributed by atoms with Gasteiger partial charge in [0.2, 0.25) is 10.0 Å². The minimum absolute atomic E-state index is 0.141. The van der Waals surface area contributed by atoms with E-state index in [0.717, 1.165) is 5.56 Å². The Morgan fingerprint density at radius 2 is 2.06 bits per heavy atom. The Labute approximate surface area is 97.1 Å². The monoisotopic (exact) mass is 242 g/mol. The molecule has 0 heterocycles. The van der Waals surface area contributed by atoms with Crippen LogP contribution >= 0.6 is 0 Å². The van der Waals surface area contributed by atoms with Crippen molar-refractivity contribution >= 4 is 15.7 Å². The summed E-state index contributed by atoms with van der Waals surface area (Å²) in [6, 6.07) is 7.33. The molecule has 0 atom stereocenters. The number of nitrogens with one attached hydrogen (secondary N) is 2. The van der Waals surface area contributed by atoms with Crippen molar-refractivity contribution in [3.63, 3.8) is 0 Å². The summed E-state index contributed by atoms with van der Waals surface area (Å²) in [7, 11) is -1.41. The van der Waals surface area contributed by atoms with Crippen molar-refractivity contribution in [2.75, 3.05) is 24.1 Å². The number of hydrogen-bond acceptors (Lipinski definition) is 3. The van der Waals surface area contributed by atoms with Crippen molar-refractivity contribution in [1.82, 2.24) is 5.32 Å². The highest BCUT2D eigenvalue weighted by molar-refractivity contribution is 7.92. The van der Waals surface area contributed by atoms with Crippen LogP contribution in [0.3, 0.4) is 0 Å². The summed E-state index contributed by atoms with van der Waals surface area (Å²) in [5.41, 5.74) is 1.67. The van der Waals surface area contributed by atoms with E-state index in [1.54, 1.807) is 13.1 Å². The van der Waals surface area contributed by atoms with Gasteiger partial charge in [0.1, 0.15) is 0 Å². The van der Waals surface area contributed by atoms with Gasteiger partial charge in [0, 0.05) is 5.69 Å². The number of benzene rings is 1. The first-order valence-electron chi connectivity index (χ1n) is 5.25. The van der Waals surface area contributed by atoms with Gasteiger partial charge in [-0.15, -0.1) is 0 Å². The molecule has 0 saturated heterocycles. The van der Waals surface area contributed by atoms with Gasteiger partial charge in [0.15, 0.2) is 0 Å². The van der Waals surface area contributed by atoms with Crippen LogP contribution < -0.4 is 10.0 Å². The largest absolute Gasteiger partial charge is 0.320 e. The van der Waals surface area contributed by atoms with Crippen LogP contribution in [0.25, 0.3) is 0 Å². The quantitative estimate of drug-likeness (QED) is 0.740. The Kier molecular flexibility index (Phi) is 4.76. The molecular weight excluding hydrogens is 224 g/mol. The topological polar surface area (TPSA) is 58.2 Å². The van der Waals surface area contributed by atoms with Crippen molar-refractivity contribution < 1.29 is 8.42 Å². The molecule has 0 radical (unpaired) electrons. The van der Waals surface area contributed by atoms with Crippen molar-refractivity contribution in [3.05, 3.63) is 29.8 Å². The summed E-state index contributed by atoms with van der Waals surface area (Å²) in [4.78, 5) is 0. The van der Waals surface area contributed by atoms with Crippen LogP contribution in [0.2, 0.25) is 0 Å². The van der Waals surface area contributed by atoms with E-state index >= 15 is 0 Å². The first-order chi connectivity index (χ1) is 7.53. The van der Waals surface area contributed by atoms with E-state index in [2.05, 4.69) is 10.0 Å². The molecule has 0 amide bonds. The third-order valence-corrected chi connectivity index (χ3v) is 3.50. The fraction of sp³-hybridized carbons (Fsp3) is 0.455. The zero-order valence-electron chi connectivity index (χ0n) is 9.66. The maximum Gasteiger partial charge on any atom is 0.232 e. The molecule has 16 heavy (non-hydrogen) atoms. The maximum absolute atomic E-state index is 11.6. The Morgan fingerprint density at radius 1 is 1.31 bits per heavy atom. The molecule has 0 unspecified atom stereocenters. The molecule has 1 aromatic rings. The molecule has 1 aromatic carbocycles. The average molecular weight is 242 g/mol. The number of hydrogen-bond donors (Lipinski definition) is 2. The number of anilines is 1. The van der Waals surface area contributed by atoms with Crippen LogP contribution in [0.15, 0.2) is 24.3 Å². The summed E-state index contributed by atoms with van der Waals surface area (Å²) < 4.78 is 25.9. The molecule has 0 saturated carbocycles. The minimum atomic E-state index is -3.21. The molecule has 0 spiro atoms. The second-order valence-corrected chi connectivity index (χ2v) is 5.59. The molecule has 2 N–H and O–H groups in total. The van der Waals surface area contributed by atoms with Gasteiger partial charge >= 0.3 is 0 Å². The predicted molar refractivity (Wildman–Crippen MR) is 67.1 cm³/mol. The van der Waals surface area contributed by atoms with E-state index in [1.807, 2.05) is 25.1 Å². The highest BCUT2D eigenvalue weighted by atomic mass is 32.2. The smallest absolute Gasteiger partial charge is 0.232 e. The van der Waals surface area contributed by atoms with Crippen LogP contribution in [0.4, 0.5) is 5.69 Å². The maximum atomic E-state index is 11.6. The van der Waals surface area contributed by atoms with Crippen LogP contribution in [0.5, 0.6) is 0 Å². The fourth-order valence-electron chi connectivity index (χ4n) is 1.38. The van der Waals surface area contributed by atoms with Crippen molar-refractivity contribution in [2.24, 2.45) is 0 Å². The Morgan fingerprint density at radius 3 is 2.69 bits per heavy atom. The van der Waals surface area contributed by atoms with Gasteiger partial charge in [-0.2, -0.15) is 0 Å². The molecule has 1 rings (SSSR count). The van der Waals surface area contributed by atoms with Crippen LogP contribution in [-0.2, 0) is 10.0 Å². The van der Waals surface area contributed by atoms with Gasteiger partial charge in [-0.05, 0) is 44.6 Å². The lowest BCUT2D eigenvalue weighted by atomic mass is 10.2. The molecule has 5 heteroatoms. The van der Waals surface area contributed by atoms with Crippen LogP contribution in [-0.4, -0.2) is 27.8 Å². The average Bonchev–Trinajstić information content (AvgIpc) is 2.17. The third kappa shape index (κ3) is 4.63. The molecule has 4 nitrogen and oxygen atoms in total. The van der Waals surface area contributed by atoms with E-state index < -0.39 is 10.0 Å². The standard InChI is InChI=1S/C11H18N2O2S/c1-10-5-3-6-11(9-10)13-16(14,15)8-4-7-12-2/h3,5-6,9,12-13H,4,7-8H2,1-2H3. The van der Waals surface area contributed by atoms with E-state index in [0.29, 0.717) is 18.7 Å². The van der Waals surface area contributed by atoms with Gasteiger partial charge in [0.25, 0.3) is 0 Å². The second-order valence-electron chi connectivity index (χ2n) is 3.75. The van der Waals surface area contributed by atoms with Gasteiger partial charge < -0.3 is 5.32 Å². The van der Waals surface area contributed by atoms with Crippen molar-refractivity contribution in [3.8, 4) is 0 Å². The van der Waals surface area contributed by atoms with Crippen molar-refractivity contribution in [1.29, 1.82) is 0 Å². The van der Waals surface area contributed by atoms with E-state index in [4.69, 9.17) is 0 Å². The Bertz CT molecular complexity index is 429. The van der Waals surface area contributed by atoms with Gasteiger partial charge in [0.05, 0.1) is 5.75 Å². The van der Waals surface area contributed by atoms with Crippen LogP contribution in [0, 0.1) is 6.92 Å². The molecule has 0 aliphatic heterocycles. The molecule has 0 bridgehead atoms. The number of sulfonamides is 1. The zero-order valence-corrected chi connectivity index (χ0v) is 10.5. The minimum Gasteiger partial charge on any atom is -0.320 e. The summed E-state index contributed by atoms with van der Waals surface area (Å²) in [6.07, 6.45) is 0.609. The number of aryl methyl sites for hydroxylation is 1. The first kappa shape index (κ1) is 13.0. The summed E-state index contributed by atoms with van der Waals surface area (Å²) in [6.45, 7) is 2.63. The van der Waals surface area contributed by atoms with Crippen molar-refractivity contribution in [2.45, 2.75) is 13.3 Å². The molecule has 0 aromatic heterocycles. The molecule has 0 fully saturated rings. The van der Waals surface area contributed by atoms with Gasteiger partial charge in [-0.1, -0.05) is 12.1 Å². The van der Waals surface area contributed by atoms with Gasteiger partial charge in [-0.25, -0.2) is 8.42 Å². The normalized spacial score (nSPS) is 11.4. The van der Waals surface area contributed by atoms with Crippen LogP contribution in [0.1, 0.15) is 12.0 Å². The van der Waals surface area contributed by atoms with E-state index in [1.165, 1.54) is 0 Å². The Balaban J connectivity index is 2.59. The van der Waals surface area contributed by atoms with E-state index in [9.17, 15) is 8.42 Å². The summed E-state index contributed by atoms with van der Waals surface area (Å²) in [5.74, 6) is 0.141. The van der Waals surface area contributed by atoms with E-state index in [-0.39, 0.29) is 5.75 Å². The molecule has 0 aliphatic rings. The molecule has 0 aliphatic carbocycles. The Hall–Kier alpha value is -1.07. The predicted octanol–water partition coefficient (Wildman–Crippen LogP) is 1.35. The zero-order chi connectivity index (χ0) is 12.0. The third-order valence-electron chi connectivity index (χ3n) is 2.13. The second kappa shape index (κ2) is 5.86. The number of rotatable bonds is 6. The lowest BCUT2D eigenvalue weighted by molar-refractivity contribution is 0.597. The SMILES string of the molecule is CNCCCS(=O)(=O)Nc1cccc(C)c1. The fourth-order valence-corrected chi connectivity index (χ4v) is 2.49. The summed E-state index contributed by atoms with van der Waals surface area (Å²) in [5, 5.41) is 2.92. The molecule has 90 valence electrons. The molecular formula is C11H18N2O2S.